The van der Waals surface area contributed by atoms with E-state index in [4.69, 9.17) is 0 Å². The fourth-order valence-corrected chi connectivity index (χ4v) is 1.75. The van der Waals surface area contributed by atoms with Gasteiger partial charge < -0.3 is 0 Å². The molecule has 0 fully saturated rings. The molecule has 122 valence electrons. The van der Waals surface area contributed by atoms with Crippen LogP contribution in [0.3, 0.4) is 0 Å². The molecule has 0 heterocycles. The van der Waals surface area contributed by atoms with Crippen LogP contribution in [0.5, 0.6) is 0 Å². The molecule has 4 aromatic carbocycles. The summed E-state index contributed by atoms with van der Waals surface area (Å²) in [5.74, 6) is 0. The van der Waals surface area contributed by atoms with Crippen LogP contribution in [-0.4, -0.2) is 0 Å². The molecular weight excluding hydrogens is 348 g/mol. The van der Waals surface area contributed by atoms with E-state index < -0.39 is 0 Å². The fraction of sp³-hybridized carbons (Fsp3) is 0. The van der Waals surface area contributed by atoms with E-state index in [-0.39, 0.29) is 17.1 Å². The molecular formula is C22H20FeN2+4. The summed E-state index contributed by atoms with van der Waals surface area (Å²) in [6.07, 6.45) is 0. The number of benzene rings is 2. The molecule has 0 unspecified atom stereocenters. The summed E-state index contributed by atoms with van der Waals surface area (Å²) < 4.78 is 0. The topological polar surface area (TPSA) is 24.7 Å². The van der Waals surface area contributed by atoms with E-state index in [0.29, 0.717) is 0 Å². The third kappa shape index (κ3) is 9.87. The van der Waals surface area contributed by atoms with E-state index in [0.717, 1.165) is 11.4 Å². The minimum atomic E-state index is 0. The summed E-state index contributed by atoms with van der Waals surface area (Å²) in [7, 11) is 0. The van der Waals surface area contributed by atoms with Crippen LogP contribution in [0.25, 0.3) is 0 Å². The van der Waals surface area contributed by atoms with Gasteiger partial charge in [-0.05, 0) is 24.3 Å². The quantitative estimate of drug-likeness (QED) is 0.209. The van der Waals surface area contributed by atoms with E-state index >= 15 is 0 Å². The zero-order valence-corrected chi connectivity index (χ0v) is 14.9. The Hall–Kier alpha value is -2.74. The third-order valence-corrected chi connectivity index (χ3v) is 2.90. The van der Waals surface area contributed by atoms with Gasteiger partial charge in [0.05, 0.1) is 11.4 Å². The second-order valence-electron chi connectivity index (χ2n) is 4.80. The van der Waals surface area contributed by atoms with Gasteiger partial charge in [0.25, 0.3) is 0 Å². The molecule has 25 heavy (non-hydrogen) atoms. The first-order valence-electron chi connectivity index (χ1n) is 7.80. The van der Waals surface area contributed by atoms with Crippen molar-refractivity contribution in [1.82, 2.24) is 0 Å². The van der Waals surface area contributed by atoms with Crippen molar-refractivity contribution in [3.05, 3.63) is 121 Å². The molecule has 0 atom stereocenters. The minimum Gasteiger partial charge on any atom is -0.214 e. The Kier molecular flexibility index (Phi) is 11.1. The van der Waals surface area contributed by atoms with E-state index in [1.165, 1.54) is 0 Å². The summed E-state index contributed by atoms with van der Waals surface area (Å²) in [5, 5.41) is 8.20. The second-order valence-corrected chi connectivity index (χ2v) is 4.80. The normalized spacial score (nSPS) is 9.12. The van der Waals surface area contributed by atoms with Gasteiger partial charge in [0.15, 0.2) is 0 Å². The Labute approximate surface area is 160 Å². The fourth-order valence-electron chi connectivity index (χ4n) is 1.75. The monoisotopic (exact) mass is 368 g/mol. The number of rotatable bonds is 2. The van der Waals surface area contributed by atoms with Crippen molar-refractivity contribution >= 4 is 11.4 Å². The van der Waals surface area contributed by atoms with Crippen molar-refractivity contribution in [2.45, 2.75) is 0 Å². The number of nitrogens with zero attached hydrogens (tertiary/aromatic N) is 2. The van der Waals surface area contributed by atoms with Gasteiger partial charge in [0.2, 0.25) is 0 Å². The van der Waals surface area contributed by atoms with Gasteiger partial charge in [-0.15, -0.1) is 0 Å². The molecule has 0 amide bonds. The van der Waals surface area contributed by atoms with Gasteiger partial charge in [0, 0.05) is 0 Å². The van der Waals surface area contributed by atoms with Crippen molar-refractivity contribution in [1.29, 1.82) is 0 Å². The Morgan fingerprint density at radius 2 is 0.760 bits per heavy atom. The molecule has 0 radical (unpaired) electrons. The van der Waals surface area contributed by atoms with Gasteiger partial charge in [-0.2, -0.15) is 46.6 Å². The molecule has 4 aromatic rings. The van der Waals surface area contributed by atoms with Crippen molar-refractivity contribution < 1.29 is 17.1 Å². The van der Waals surface area contributed by atoms with Crippen molar-refractivity contribution in [3.8, 4) is 0 Å². The molecule has 0 aromatic heterocycles. The predicted molar refractivity (Wildman–Crippen MR) is 101 cm³/mol. The Balaban J connectivity index is 0.000000233. The van der Waals surface area contributed by atoms with E-state index in [9.17, 15) is 0 Å². The van der Waals surface area contributed by atoms with Crippen molar-refractivity contribution in [3.63, 3.8) is 0 Å². The molecule has 0 N–H and O–H groups in total. The van der Waals surface area contributed by atoms with Crippen LogP contribution >= 0.6 is 0 Å². The molecule has 2 nitrogen and oxygen atoms in total. The number of hydrogen-bond donors (Lipinski definition) is 0. The molecule has 0 saturated heterocycles. The standard InChI is InChI=1S/C12H10N2.2C5H5.Fe/c1-3-7-11(8-4-1)13-14-12-9-5-2-6-10-12;2*1-2-4-5-3-1;/h1-10H;2*1-5H;/q;2*-1;+6. The zero-order valence-electron chi connectivity index (χ0n) is 13.8. The summed E-state index contributed by atoms with van der Waals surface area (Å²) >= 11 is 0. The maximum Gasteiger partial charge on any atom is 6.00 e. The van der Waals surface area contributed by atoms with Crippen LogP contribution < -0.4 is 0 Å². The van der Waals surface area contributed by atoms with Crippen LogP contribution in [0.1, 0.15) is 0 Å². The number of hydrogen-bond acceptors (Lipinski definition) is 2. The van der Waals surface area contributed by atoms with Crippen molar-refractivity contribution in [2.24, 2.45) is 10.2 Å². The average molecular weight is 368 g/mol. The molecule has 0 aliphatic heterocycles. The van der Waals surface area contributed by atoms with Gasteiger partial charge in [0.1, 0.15) is 0 Å². The smallest absolute Gasteiger partial charge is 0.214 e. The molecule has 3 heteroatoms. The van der Waals surface area contributed by atoms with Crippen LogP contribution in [-0.2, 0) is 17.1 Å². The summed E-state index contributed by atoms with van der Waals surface area (Å²) in [4.78, 5) is 0. The van der Waals surface area contributed by atoms with Gasteiger partial charge in [-0.3, -0.25) is 0 Å². The first kappa shape index (κ1) is 20.3. The van der Waals surface area contributed by atoms with Crippen LogP contribution in [0.2, 0.25) is 0 Å². The Morgan fingerprint density at radius 1 is 0.440 bits per heavy atom. The Morgan fingerprint density at radius 3 is 1.00 bits per heavy atom. The third-order valence-electron chi connectivity index (χ3n) is 2.90. The maximum absolute atomic E-state index is 4.10. The first-order chi connectivity index (χ1) is 11.9. The SMILES string of the molecule is [Fe+6].c1cc[cH-]c1.c1cc[cH-]c1.c1ccc(N=Nc2ccccc2)cc1. The largest absolute Gasteiger partial charge is 6.00 e. The first-order valence-corrected chi connectivity index (χ1v) is 7.80. The second kappa shape index (κ2) is 13.7. The summed E-state index contributed by atoms with van der Waals surface area (Å²) in [6.45, 7) is 0. The summed E-state index contributed by atoms with van der Waals surface area (Å²) in [6, 6.07) is 39.4. The molecule has 0 saturated carbocycles. The summed E-state index contributed by atoms with van der Waals surface area (Å²) in [5.41, 5.74) is 1.74. The van der Waals surface area contributed by atoms with E-state index in [1.54, 1.807) is 0 Å². The predicted octanol–water partition coefficient (Wildman–Crippen LogP) is 6.91. The Bertz CT molecular complexity index is 644. The van der Waals surface area contributed by atoms with E-state index in [1.807, 2.05) is 121 Å². The number of azo groups is 1. The molecule has 0 aliphatic carbocycles. The van der Waals surface area contributed by atoms with E-state index in [2.05, 4.69) is 10.2 Å². The minimum absolute atomic E-state index is 0. The van der Waals surface area contributed by atoms with Gasteiger partial charge in [-0.1, -0.05) is 36.4 Å². The molecule has 0 aliphatic rings. The zero-order chi connectivity index (χ0) is 16.7. The molecule has 4 rings (SSSR count). The van der Waals surface area contributed by atoms with Crippen LogP contribution in [0, 0.1) is 0 Å². The van der Waals surface area contributed by atoms with Crippen LogP contribution in [0.15, 0.2) is 132 Å². The van der Waals surface area contributed by atoms with Crippen molar-refractivity contribution in [2.75, 3.05) is 0 Å². The maximum atomic E-state index is 4.10. The van der Waals surface area contributed by atoms with Gasteiger partial charge in [-0.25, -0.2) is 24.3 Å². The molecule has 0 bridgehead atoms. The van der Waals surface area contributed by atoms with Gasteiger partial charge >= 0.3 is 17.1 Å². The van der Waals surface area contributed by atoms with Crippen LogP contribution in [0.4, 0.5) is 11.4 Å². The average Bonchev–Trinajstić information content (AvgIpc) is 3.40. The molecule has 0 spiro atoms.